The van der Waals surface area contributed by atoms with Crippen molar-refractivity contribution < 1.29 is 5.11 Å². The fourth-order valence-corrected chi connectivity index (χ4v) is 1.30. The molecule has 0 aliphatic rings. The van der Waals surface area contributed by atoms with E-state index in [4.69, 9.17) is 10.4 Å². The number of aliphatic hydroxyl groups is 1. The maximum Gasteiger partial charge on any atom is 0.100 e. The number of halogens is 1. The average Bonchev–Trinajstić information content (AvgIpc) is 2.17. The number of hydrogen-bond donors (Lipinski definition) is 1. The van der Waals surface area contributed by atoms with Crippen LogP contribution in [0.2, 0.25) is 0 Å². The van der Waals surface area contributed by atoms with Crippen LogP contribution in [-0.2, 0) is 0 Å². The Kier molecular flexibility index (Phi) is 3.47. The van der Waals surface area contributed by atoms with Gasteiger partial charge in [0.15, 0.2) is 0 Å². The third-order valence-corrected chi connectivity index (χ3v) is 2.51. The molecule has 67 valence electrons. The van der Waals surface area contributed by atoms with Crippen molar-refractivity contribution in [1.29, 1.82) is 5.26 Å². The number of aliphatic hydroxyl groups excluding tert-OH is 1. The van der Waals surface area contributed by atoms with E-state index in [0.717, 1.165) is 16.0 Å². The van der Waals surface area contributed by atoms with Crippen molar-refractivity contribution >= 4 is 15.9 Å². The molecule has 1 radical (unpaired) electrons. The molecule has 0 aromatic heterocycles. The summed E-state index contributed by atoms with van der Waals surface area (Å²) in [4.78, 5) is 0. The highest BCUT2D eigenvalue weighted by atomic mass is 79.9. The lowest BCUT2D eigenvalue weighted by atomic mass is 10.0. The molecular formula is C10H9BrNO. The molecule has 13 heavy (non-hydrogen) atoms. The number of benzene rings is 1. The van der Waals surface area contributed by atoms with Crippen molar-refractivity contribution in [3.05, 3.63) is 39.7 Å². The lowest BCUT2D eigenvalue weighted by Crippen LogP contribution is -2.00. The minimum absolute atomic E-state index is 0.0203. The monoisotopic (exact) mass is 238 g/mol. The standard InChI is InChI=1S/C10H9BrNO/c1-7(6-13)8-2-3-10(11)9(4-8)5-12/h2-4,13H,6H2,1H3. The van der Waals surface area contributed by atoms with Crippen molar-refractivity contribution in [2.24, 2.45) is 0 Å². The number of nitrogens with zero attached hydrogens (tertiary/aromatic N) is 1. The van der Waals surface area contributed by atoms with Crippen molar-refractivity contribution in [2.45, 2.75) is 6.92 Å². The molecule has 2 nitrogen and oxygen atoms in total. The Morgan fingerprint density at radius 3 is 2.85 bits per heavy atom. The van der Waals surface area contributed by atoms with E-state index in [0.29, 0.717) is 5.56 Å². The second-order valence-electron chi connectivity index (χ2n) is 2.74. The van der Waals surface area contributed by atoms with E-state index in [2.05, 4.69) is 22.0 Å². The summed E-state index contributed by atoms with van der Waals surface area (Å²) in [5, 5.41) is 17.6. The molecule has 0 aliphatic carbocycles. The van der Waals surface area contributed by atoms with Crippen LogP contribution in [0.25, 0.3) is 0 Å². The summed E-state index contributed by atoms with van der Waals surface area (Å²) in [5.41, 5.74) is 1.49. The van der Waals surface area contributed by atoms with Gasteiger partial charge in [-0.15, -0.1) is 0 Å². The van der Waals surface area contributed by atoms with Crippen molar-refractivity contribution in [1.82, 2.24) is 0 Å². The van der Waals surface area contributed by atoms with Crippen LogP contribution in [0.15, 0.2) is 22.7 Å². The van der Waals surface area contributed by atoms with Gasteiger partial charge in [-0.2, -0.15) is 5.26 Å². The van der Waals surface area contributed by atoms with Gasteiger partial charge in [-0.05, 0) is 33.6 Å². The molecule has 0 spiro atoms. The number of nitriles is 1. The molecule has 0 aliphatic heterocycles. The minimum Gasteiger partial charge on any atom is -0.395 e. The molecule has 0 amide bonds. The minimum atomic E-state index is 0.0203. The van der Waals surface area contributed by atoms with E-state index in [9.17, 15) is 0 Å². The van der Waals surface area contributed by atoms with Gasteiger partial charge in [0.25, 0.3) is 0 Å². The summed E-state index contributed by atoms with van der Waals surface area (Å²) >= 11 is 3.27. The highest BCUT2D eigenvalue weighted by Gasteiger charge is 2.07. The summed E-state index contributed by atoms with van der Waals surface area (Å²) in [7, 11) is 0. The fourth-order valence-electron chi connectivity index (χ4n) is 0.968. The maximum absolute atomic E-state index is 8.89. The Morgan fingerprint density at radius 2 is 2.31 bits per heavy atom. The predicted molar refractivity (Wildman–Crippen MR) is 54.0 cm³/mol. The van der Waals surface area contributed by atoms with Gasteiger partial charge in [-0.25, -0.2) is 0 Å². The second kappa shape index (κ2) is 4.40. The molecule has 1 aromatic rings. The quantitative estimate of drug-likeness (QED) is 0.860. The Labute approximate surface area is 85.9 Å². The normalized spacial score (nSPS) is 10.1. The first-order valence-electron chi connectivity index (χ1n) is 3.82. The molecular weight excluding hydrogens is 230 g/mol. The highest BCUT2D eigenvalue weighted by Crippen LogP contribution is 2.21. The molecule has 0 heterocycles. The summed E-state index contributed by atoms with van der Waals surface area (Å²) in [5.74, 6) is 0.865. The maximum atomic E-state index is 8.89. The molecule has 0 saturated heterocycles. The zero-order chi connectivity index (χ0) is 9.84. The second-order valence-corrected chi connectivity index (χ2v) is 3.60. The summed E-state index contributed by atoms with van der Waals surface area (Å²) in [6.07, 6.45) is 0. The molecule has 0 atom stereocenters. The van der Waals surface area contributed by atoms with Crippen molar-refractivity contribution in [3.63, 3.8) is 0 Å². The van der Waals surface area contributed by atoms with E-state index >= 15 is 0 Å². The van der Waals surface area contributed by atoms with Gasteiger partial charge >= 0.3 is 0 Å². The van der Waals surface area contributed by atoms with E-state index in [1.165, 1.54) is 0 Å². The summed E-state index contributed by atoms with van der Waals surface area (Å²) in [6.45, 7) is 1.86. The first kappa shape index (κ1) is 10.2. The van der Waals surface area contributed by atoms with Crippen molar-refractivity contribution in [2.75, 3.05) is 6.61 Å². The third-order valence-electron chi connectivity index (χ3n) is 1.82. The highest BCUT2D eigenvalue weighted by molar-refractivity contribution is 9.10. The van der Waals surface area contributed by atoms with Gasteiger partial charge in [0.05, 0.1) is 12.2 Å². The molecule has 1 N–H and O–H groups in total. The van der Waals surface area contributed by atoms with Crippen LogP contribution >= 0.6 is 15.9 Å². The fraction of sp³-hybridized carbons (Fsp3) is 0.200. The summed E-state index contributed by atoms with van der Waals surface area (Å²) < 4.78 is 0.782. The molecule has 3 heteroatoms. The summed E-state index contributed by atoms with van der Waals surface area (Å²) in [6, 6.07) is 7.52. The van der Waals surface area contributed by atoms with Gasteiger partial charge in [-0.3, -0.25) is 0 Å². The lowest BCUT2D eigenvalue weighted by Gasteiger charge is -2.07. The van der Waals surface area contributed by atoms with Crippen LogP contribution in [0.1, 0.15) is 18.1 Å². The van der Waals surface area contributed by atoms with Crippen LogP contribution < -0.4 is 0 Å². The topological polar surface area (TPSA) is 44.0 Å². The first-order valence-corrected chi connectivity index (χ1v) is 4.61. The van der Waals surface area contributed by atoms with E-state index in [1.54, 1.807) is 6.07 Å². The Bertz CT molecular complexity index is 343. The smallest absolute Gasteiger partial charge is 0.100 e. The van der Waals surface area contributed by atoms with E-state index in [-0.39, 0.29) is 6.61 Å². The van der Waals surface area contributed by atoms with Crippen LogP contribution in [-0.4, -0.2) is 11.7 Å². The number of hydrogen-bond acceptors (Lipinski definition) is 2. The van der Waals surface area contributed by atoms with Gasteiger partial charge < -0.3 is 5.11 Å². The first-order chi connectivity index (χ1) is 6.19. The Morgan fingerprint density at radius 1 is 1.62 bits per heavy atom. The zero-order valence-corrected chi connectivity index (χ0v) is 8.80. The van der Waals surface area contributed by atoms with Crippen LogP contribution in [0.4, 0.5) is 0 Å². The molecule has 0 bridgehead atoms. The lowest BCUT2D eigenvalue weighted by molar-refractivity contribution is 0.315. The predicted octanol–water partition coefficient (Wildman–Crippen LogP) is 2.26. The average molecular weight is 239 g/mol. The zero-order valence-electron chi connectivity index (χ0n) is 7.21. The largest absolute Gasteiger partial charge is 0.395 e. The van der Waals surface area contributed by atoms with E-state index < -0.39 is 0 Å². The van der Waals surface area contributed by atoms with Crippen LogP contribution in [0.3, 0.4) is 0 Å². The van der Waals surface area contributed by atoms with Crippen molar-refractivity contribution in [3.8, 4) is 6.07 Å². The van der Waals surface area contributed by atoms with Gasteiger partial charge in [-0.1, -0.05) is 13.0 Å². The molecule has 1 rings (SSSR count). The van der Waals surface area contributed by atoms with Gasteiger partial charge in [0.1, 0.15) is 6.07 Å². The van der Waals surface area contributed by atoms with Gasteiger partial charge in [0.2, 0.25) is 0 Å². The Balaban J connectivity index is 3.08. The number of rotatable bonds is 2. The SMILES string of the molecule is C[C](CO)c1ccc(Br)c(C#N)c1. The van der Waals surface area contributed by atoms with E-state index in [1.807, 2.05) is 19.1 Å². The molecule has 0 fully saturated rings. The third kappa shape index (κ3) is 2.30. The molecule has 1 aromatic carbocycles. The van der Waals surface area contributed by atoms with Gasteiger partial charge in [0, 0.05) is 10.4 Å². The Hall–Kier alpha value is -0.850. The van der Waals surface area contributed by atoms with Crippen LogP contribution in [0, 0.1) is 17.2 Å². The molecule has 0 saturated carbocycles. The van der Waals surface area contributed by atoms with Crippen LogP contribution in [0.5, 0.6) is 0 Å². The molecule has 0 unspecified atom stereocenters.